The summed E-state index contributed by atoms with van der Waals surface area (Å²) >= 11 is 1.71. The zero-order valence-corrected chi connectivity index (χ0v) is 18.2. The molecule has 0 fully saturated rings. The predicted molar refractivity (Wildman–Crippen MR) is 116 cm³/mol. The number of guanidine groups is 1. The lowest BCUT2D eigenvalue weighted by Gasteiger charge is -2.10. The molecule has 0 aliphatic heterocycles. The molecule has 2 N–H and O–H groups in total. The number of benzene rings is 1. The molecule has 2 aromatic rings. The van der Waals surface area contributed by atoms with Crippen LogP contribution < -0.4 is 15.4 Å². The van der Waals surface area contributed by atoms with Crippen LogP contribution in [-0.2, 0) is 13.0 Å². The maximum absolute atomic E-state index is 5.17. The summed E-state index contributed by atoms with van der Waals surface area (Å²) in [7, 11) is 3.48. The first-order valence-corrected chi connectivity index (χ1v) is 9.01. The van der Waals surface area contributed by atoms with Gasteiger partial charge in [0, 0.05) is 24.7 Å². The highest BCUT2D eigenvalue weighted by Gasteiger charge is 2.01. The minimum absolute atomic E-state index is 0. The van der Waals surface area contributed by atoms with Gasteiger partial charge < -0.3 is 15.4 Å². The lowest BCUT2D eigenvalue weighted by Crippen LogP contribution is -2.37. The van der Waals surface area contributed by atoms with Crippen LogP contribution in [-0.4, -0.2) is 31.6 Å². The van der Waals surface area contributed by atoms with Crippen molar-refractivity contribution < 1.29 is 4.74 Å². The molecule has 0 aliphatic rings. The van der Waals surface area contributed by atoms with Crippen molar-refractivity contribution in [3.05, 3.63) is 45.9 Å². The zero-order chi connectivity index (χ0) is 17.2. The first-order valence-electron chi connectivity index (χ1n) is 8.20. The van der Waals surface area contributed by atoms with Gasteiger partial charge in [0.2, 0.25) is 0 Å². The lowest BCUT2D eigenvalue weighted by molar-refractivity contribution is 0.414. The van der Waals surface area contributed by atoms with E-state index < -0.39 is 0 Å². The van der Waals surface area contributed by atoms with Crippen molar-refractivity contribution >= 4 is 41.3 Å². The lowest BCUT2D eigenvalue weighted by atomic mass is 10.1. The Morgan fingerprint density at radius 1 is 1.20 bits per heavy atom. The number of aromatic nitrogens is 1. The van der Waals surface area contributed by atoms with Gasteiger partial charge >= 0.3 is 0 Å². The summed E-state index contributed by atoms with van der Waals surface area (Å²) in [5.74, 6) is 1.73. The number of ether oxygens (including phenoxy) is 1. The van der Waals surface area contributed by atoms with Gasteiger partial charge in [-0.25, -0.2) is 4.98 Å². The Kier molecular flexibility index (Phi) is 10.5. The highest BCUT2D eigenvalue weighted by Crippen LogP contribution is 2.13. The molecular weight excluding hydrogens is 447 g/mol. The van der Waals surface area contributed by atoms with E-state index in [9.17, 15) is 0 Å². The number of unbranched alkanes of at least 4 members (excludes halogenated alkanes) is 1. The second-order valence-electron chi connectivity index (χ2n) is 5.52. The molecule has 0 bridgehead atoms. The number of hydrogen-bond donors (Lipinski definition) is 2. The Labute approximate surface area is 171 Å². The highest BCUT2D eigenvalue weighted by molar-refractivity contribution is 14.0. The Morgan fingerprint density at radius 2 is 1.96 bits per heavy atom. The molecule has 1 aromatic heterocycles. The van der Waals surface area contributed by atoms with Gasteiger partial charge in [0.05, 0.1) is 13.7 Å². The van der Waals surface area contributed by atoms with Gasteiger partial charge in [0.15, 0.2) is 5.96 Å². The number of hydrogen-bond acceptors (Lipinski definition) is 4. The molecule has 7 heteroatoms. The Balaban J connectivity index is 0.00000312. The fourth-order valence-electron chi connectivity index (χ4n) is 2.32. The van der Waals surface area contributed by atoms with Gasteiger partial charge in [-0.2, -0.15) is 0 Å². The largest absolute Gasteiger partial charge is 0.497 e. The van der Waals surface area contributed by atoms with Crippen molar-refractivity contribution in [2.24, 2.45) is 4.99 Å². The van der Waals surface area contributed by atoms with Crippen molar-refractivity contribution in [1.29, 1.82) is 0 Å². The minimum atomic E-state index is 0. The van der Waals surface area contributed by atoms with Crippen molar-refractivity contribution in [3.8, 4) is 5.75 Å². The number of aliphatic imine (C=N–C) groups is 1. The molecule has 0 saturated carbocycles. The third-order valence-corrected chi connectivity index (χ3v) is 4.56. The van der Waals surface area contributed by atoms with Crippen LogP contribution in [0.25, 0.3) is 0 Å². The molecule has 0 aliphatic carbocycles. The molecule has 1 heterocycles. The normalized spacial score (nSPS) is 10.9. The summed E-state index contributed by atoms with van der Waals surface area (Å²) in [4.78, 5) is 9.81. The van der Waals surface area contributed by atoms with Gasteiger partial charge in [0.1, 0.15) is 10.8 Å². The van der Waals surface area contributed by atoms with Gasteiger partial charge in [0.25, 0.3) is 0 Å². The van der Waals surface area contributed by atoms with Crippen molar-refractivity contribution in [2.75, 3.05) is 20.7 Å². The van der Waals surface area contributed by atoms with E-state index in [0.717, 1.165) is 42.5 Å². The predicted octanol–water partition coefficient (Wildman–Crippen LogP) is 3.77. The van der Waals surface area contributed by atoms with Gasteiger partial charge in [-0.05, 0) is 43.9 Å². The molecule has 25 heavy (non-hydrogen) atoms. The number of thiazole rings is 1. The van der Waals surface area contributed by atoms with Crippen LogP contribution in [0.5, 0.6) is 5.75 Å². The van der Waals surface area contributed by atoms with Crippen LogP contribution >= 0.6 is 35.3 Å². The fourth-order valence-corrected chi connectivity index (χ4v) is 3.04. The number of rotatable bonds is 8. The average Bonchev–Trinajstić information content (AvgIpc) is 3.03. The molecule has 0 saturated heterocycles. The summed E-state index contributed by atoms with van der Waals surface area (Å²) in [6.07, 6.45) is 5.22. The van der Waals surface area contributed by atoms with Crippen LogP contribution in [0.4, 0.5) is 0 Å². The molecule has 0 spiro atoms. The third-order valence-electron chi connectivity index (χ3n) is 3.64. The van der Waals surface area contributed by atoms with Crippen LogP contribution in [0.3, 0.4) is 0 Å². The van der Waals surface area contributed by atoms with E-state index in [0.29, 0.717) is 6.54 Å². The van der Waals surface area contributed by atoms with Gasteiger partial charge in [-0.15, -0.1) is 35.3 Å². The Hall–Kier alpha value is -1.35. The van der Waals surface area contributed by atoms with Crippen molar-refractivity contribution in [1.82, 2.24) is 15.6 Å². The Bertz CT molecular complexity index is 643. The second-order valence-corrected chi connectivity index (χ2v) is 6.84. The van der Waals surface area contributed by atoms with E-state index >= 15 is 0 Å². The number of halogens is 1. The molecule has 0 unspecified atom stereocenters. The molecule has 0 radical (unpaired) electrons. The van der Waals surface area contributed by atoms with Gasteiger partial charge in [-0.3, -0.25) is 4.99 Å². The summed E-state index contributed by atoms with van der Waals surface area (Å²) in [6.45, 7) is 3.69. The highest BCUT2D eigenvalue weighted by atomic mass is 127. The average molecular weight is 474 g/mol. The van der Waals surface area contributed by atoms with E-state index in [1.165, 1.54) is 10.4 Å². The minimum Gasteiger partial charge on any atom is -0.497 e. The maximum atomic E-state index is 5.17. The fraction of sp³-hybridized carbons (Fsp3) is 0.444. The third kappa shape index (κ3) is 8.04. The quantitative estimate of drug-likeness (QED) is 0.265. The first-order chi connectivity index (χ1) is 11.7. The van der Waals surface area contributed by atoms with Crippen LogP contribution in [0.1, 0.15) is 28.3 Å². The van der Waals surface area contributed by atoms with Crippen LogP contribution in [0.15, 0.2) is 35.5 Å². The summed E-state index contributed by atoms with van der Waals surface area (Å²) in [5.41, 5.74) is 1.34. The van der Waals surface area contributed by atoms with Crippen molar-refractivity contribution in [3.63, 3.8) is 0 Å². The van der Waals surface area contributed by atoms with Crippen LogP contribution in [0, 0.1) is 6.92 Å². The van der Waals surface area contributed by atoms with E-state index in [1.807, 2.05) is 18.3 Å². The van der Waals surface area contributed by atoms with Gasteiger partial charge in [-0.1, -0.05) is 12.1 Å². The molecule has 2 rings (SSSR count). The Morgan fingerprint density at radius 3 is 2.56 bits per heavy atom. The molecule has 1 aromatic carbocycles. The summed E-state index contributed by atoms with van der Waals surface area (Å²) in [6, 6.07) is 8.28. The van der Waals surface area contributed by atoms with E-state index in [-0.39, 0.29) is 24.0 Å². The molecule has 0 atom stereocenters. The molecule has 138 valence electrons. The second kappa shape index (κ2) is 12.1. The molecule has 0 amide bonds. The van der Waals surface area contributed by atoms with E-state index in [1.54, 1.807) is 25.5 Å². The van der Waals surface area contributed by atoms with Crippen molar-refractivity contribution in [2.45, 2.75) is 32.7 Å². The first kappa shape index (κ1) is 21.7. The van der Waals surface area contributed by atoms with E-state index in [4.69, 9.17) is 4.74 Å². The SMILES string of the molecule is CN=C(NCCCCc1ccc(OC)cc1)NCc1ncc(C)s1.I. The maximum Gasteiger partial charge on any atom is 0.191 e. The topological polar surface area (TPSA) is 58.5 Å². The molecular formula is C18H27IN4OS. The number of nitrogens with zero attached hydrogens (tertiary/aromatic N) is 2. The number of methoxy groups -OCH3 is 1. The number of aryl methyl sites for hydroxylation is 2. The van der Waals surface area contributed by atoms with Crippen LogP contribution in [0.2, 0.25) is 0 Å². The smallest absolute Gasteiger partial charge is 0.191 e. The summed E-state index contributed by atoms with van der Waals surface area (Å²) in [5, 5.41) is 7.72. The monoisotopic (exact) mass is 474 g/mol. The standard InChI is InChI=1S/C18H26N4OS.HI/c1-14-12-21-17(24-14)13-22-18(19-2)20-11-5-4-6-15-7-9-16(23-3)10-8-15;/h7-10,12H,4-6,11,13H2,1-3H3,(H2,19,20,22);1H. The zero-order valence-electron chi connectivity index (χ0n) is 15.0. The van der Waals surface area contributed by atoms with E-state index in [2.05, 4.69) is 39.7 Å². The summed E-state index contributed by atoms with van der Waals surface area (Å²) < 4.78 is 5.17. The number of nitrogens with one attached hydrogen (secondary N) is 2. The molecule has 5 nitrogen and oxygen atoms in total.